The lowest BCUT2D eigenvalue weighted by atomic mass is 9.67. The van der Waals surface area contributed by atoms with Crippen LogP contribution in [0.4, 0.5) is 0 Å². The Bertz CT molecular complexity index is 2450. The molecule has 8 aromatic carbocycles. The molecule has 0 saturated carbocycles. The van der Waals surface area contributed by atoms with Gasteiger partial charge in [-0.2, -0.15) is 0 Å². The molecule has 1 aliphatic heterocycles. The third-order valence-corrected chi connectivity index (χ3v) is 11.3. The third-order valence-electron chi connectivity index (χ3n) is 10.1. The molecule has 214 valence electrons. The van der Waals surface area contributed by atoms with Crippen molar-refractivity contribution in [2.75, 3.05) is 0 Å². The molecule has 0 saturated heterocycles. The van der Waals surface area contributed by atoms with Gasteiger partial charge in [0.1, 0.15) is 0 Å². The van der Waals surface area contributed by atoms with Gasteiger partial charge in [-0.15, -0.1) is 0 Å². The van der Waals surface area contributed by atoms with Crippen LogP contribution in [-0.4, -0.2) is 0 Å². The minimum Gasteiger partial charge on any atom is -0.0888 e. The molecule has 0 spiro atoms. The minimum atomic E-state index is -0.443. The van der Waals surface area contributed by atoms with E-state index in [-0.39, 0.29) is 0 Å². The van der Waals surface area contributed by atoms with E-state index in [4.69, 9.17) is 0 Å². The molecule has 1 heterocycles. The van der Waals surface area contributed by atoms with Crippen molar-refractivity contribution in [3.05, 3.63) is 192 Å². The maximum Gasteiger partial charge on any atom is 0.0714 e. The molecule has 8 aromatic rings. The maximum absolute atomic E-state index is 2.48. The van der Waals surface area contributed by atoms with E-state index in [1.807, 2.05) is 11.8 Å². The van der Waals surface area contributed by atoms with Crippen LogP contribution in [0, 0.1) is 0 Å². The second kappa shape index (κ2) is 9.81. The summed E-state index contributed by atoms with van der Waals surface area (Å²) in [6, 6.07) is 63.3. The van der Waals surface area contributed by atoms with Gasteiger partial charge in [0.2, 0.25) is 0 Å². The summed E-state index contributed by atoms with van der Waals surface area (Å²) in [6.07, 6.45) is 0. The second-order valence-electron chi connectivity index (χ2n) is 12.4. The Hall–Kier alpha value is -5.37. The molecule has 2 aliphatic rings. The van der Waals surface area contributed by atoms with E-state index in [0.717, 1.165) is 0 Å². The standard InChI is InChI=1S/C45H28S/c1-3-14-33(15-4-1)45(34-16-5-2-6-17-34)39-25-22-29-11-7-8-18-35(29)44(39)37-24-21-32(28-40(37)45)31-23-26-41-38(27-31)36-19-9-12-30-13-10-20-42(46-41)43(30)36/h1-28H. The molecule has 0 unspecified atom stereocenters. The summed E-state index contributed by atoms with van der Waals surface area (Å²) in [7, 11) is 0. The Kier molecular flexibility index (Phi) is 5.53. The largest absolute Gasteiger partial charge is 0.0888 e. The molecule has 0 radical (unpaired) electrons. The molecular weight excluding hydrogens is 573 g/mol. The lowest BCUT2D eigenvalue weighted by Crippen LogP contribution is -2.28. The third kappa shape index (κ3) is 3.52. The van der Waals surface area contributed by atoms with E-state index >= 15 is 0 Å². The van der Waals surface area contributed by atoms with E-state index in [9.17, 15) is 0 Å². The van der Waals surface area contributed by atoms with Crippen molar-refractivity contribution in [3.63, 3.8) is 0 Å². The fourth-order valence-corrected chi connectivity index (χ4v) is 9.31. The van der Waals surface area contributed by atoms with Crippen molar-refractivity contribution < 1.29 is 0 Å². The molecule has 0 atom stereocenters. The predicted molar refractivity (Wildman–Crippen MR) is 194 cm³/mol. The number of hydrogen-bond donors (Lipinski definition) is 0. The first-order valence-electron chi connectivity index (χ1n) is 15.9. The van der Waals surface area contributed by atoms with Crippen molar-refractivity contribution in [3.8, 4) is 33.4 Å². The smallest absolute Gasteiger partial charge is 0.0714 e. The van der Waals surface area contributed by atoms with Crippen molar-refractivity contribution in [2.45, 2.75) is 15.2 Å². The zero-order valence-corrected chi connectivity index (χ0v) is 25.9. The van der Waals surface area contributed by atoms with Crippen LogP contribution in [0.1, 0.15) is 22.3 Å². The van der Waals surface area contributed by atoms with Gasteiger partial charge in [0.05, 0.1) is 5.41 Å². The molecular formula is C45H28S. The van der Waals surface area contributed by atoms with Crippen molar-refractivity contribution >= 4 is 33.3 Å². The van der Waals surface area contributed by atoms with Gasteiger partial charge < -0.3 is 0 Å². The highest BCUT2D eigenvalue weighted by Crippen LogP contribution is 2.58. The topological polar surface area (TPSA) is 0 Å². The molecule has 0 fully saturated rings. The first-order chi connectivity index (χ1) is 22.8. The SMILES string of the molecule is c1ccc(C2(c3ccccc3)c3cc(-c4ccc5c(c4)-c4cccc6cccc(c46)S5)ccc3-c3c2ccc2ccccc32)cc1. The highest BCUT2D eigenvalue weighted by molar-refractivity contribution is 7.99. The van der Waals surface area contributed by atoms with E-state index in [1.54, 1.807) is 0 Å². The lowest BCUT2D eigenvalue weighted by Gasteiger charge is -2.34. The molecule has 0 N–H and O–H groups in total. The fourth-order valence-electron chi connectivity index (χ4n) is 8.18. The summed E-state index contributed by atoms with van der Waals surface area (Å²) in [5.74, 6) is 0. The monoisotopic (exact) mass is 600 g/mol. The van der Waals surface area contributed by atoms with Crippen LogP contribution in [0.5, 0.6) is 0 Å². The summed E-state index contributed by atoms with van der Waals surface area (Å²) in [5, 5.41) is 5.25. The van der Waals surface area contributed by atoms with Gasteiger partial charge in [-0.3, -0.25) is 0 Å². The lowest BCUT2D eigenvalue weighted by molar-refractivity contribution is 0.769. The number of rotatable bonds is 3. The van der Waals surface area contributed by atoms with Gasteiger partial charge >= 0.3 is 0 Å². The molecule has 0 nitrogen and oxygen atoms in total. The van der Waals surface area contributed by atoms with Crippen LogP contribution in [0.15, 0.2) is 180 Å². The quantitative estimate of drug-likeness (QED) is 0.194. The molecule has 1 heteroatoms. The Labute approximate surface area is 273 Å². The maximum atomic E-state index is 2.48. The van der Waals surface area contributed by atoms with E-state index in [2.05, 4.69) is 170 Å². The van der Waals surface area contributed by atoms with Crippen LogP contribution >= 0.6 is 11.8 Å². The van der Waals surface area contributed by atoms with Gasteiger partial charge in [-0.1, -0.05) is 157 Å². The normalized spacial score (nSPS) is 13.7. The first kappa shape index (κ1) is 25.9. The van der Waals surface area contributed by atoms with Gasteiger partial charge in [0, 0.05) is 15.2 Å². The van der Waals surface area contributed by atoms with Gasteiger partial charge in [-0.25, -0.2) is 0 Å². The van der Waals surface area contributed by atoms with Crippen LogP contribution in [0.25, 0.3) is 54.9 Å². The van der Waals surface area contributed by atoms with Crippen molar-refractivity contribution in [1.29, 1.82) is 0 Å². The molecule has 0 amide bonds. The van der Waals surface area contributed by atoms with E-state index < -0.39 is 5.41 Å². The molecule has 46 heavy (non-hydrogen) atoms. The number of benzene rings is 8. The average Bonchev–Trinajstić information content (AvgIpc) is 3.43. The summed E-state index contributed by atoms with van der Waals surface area (Å²) in [5.41, 5.74) is 12.6. The van der Waals surface area contributed by atoms with Gasteiger partial charge in [0.15, 0.2) is 0 Å². The van der Waals surface area contributed by atoms with Gasteiger partial charge in [0.25, 0.3) is 0 Å². The van der Waals surface area contributed by atoms with E-state index in [0.29, 0.717) is 0 Å². The molecule has 0 bridgehead atoms. The number of fused-ring (bicyclic) bond motifs is 7. The van der Waals surface area contributed by atoms with E-state index in [1.165, 1.54) is 87.0 Å². The summed E-state index contributed by atoms with van der Waals surface area (Å²) in [4.78, 5) is 2.66. The molecule has 0 aromatic heterocycles. The number of hydrogen-bond acceptors (Lipinski definition) is 1. The van der Waals surface area contributed by atoms with Crippen LogP contribution in [0.3, 0.4) is 0 Å². The van der Waals surface area contributed by atoms with Crippen LogP contribution in [-0.2, 0) is 5.41 Å². The summed E-state index contributed by atoms with van der Waals surface area (Å²) in [6.45, 7) is 0. The predicted octanol–water partition coefficient (Wildman–Crippen LogP) is 12.2. The molecule has 1 aliphatic carbocycles. The van der Waals surface area contributed by atoms with Crippen LogP contribution < -0.4 is 0 Å². The Morgan fingerprint density at radius 3 is 1.87 bits per heavy atom. The van der Waals surface area contributed by atoms with Crippen molar-refractivity contribution in [1.82, 2.24) is 0 Å². The first-order valence-corrected chi connectivity index (χ1v) is 16.7. The zero-order valence-electron chi connectivity index (χ0n) is 25.1. The molecule has 10 rings (SSSR count). The summed E-state index contributed by atoms with van der Waals surface area (Å²) >= 11 is 1.89. The highest BCUT2D eigenvalue weighted by Gasteiger charge is 2.46. The van der Waals surface area contributed by atoms with Crippen molar-refractivity contribution in [2.24, 2.45) is 0 Å². The van der Waals surface area contributed by atoms with Crippen LogP contribution in [0.2, 0.25) is 0 Å². The fraction of sp³-hybridized carbons (Fsp3) is 0.0222. The average molecular weight is 601 g/mol. The highest BCUT2D eigenvalue weighted by atomic mass is 32.2. The second-order valence-corrected chi connectivity index (χ2v) is 13.5. The van der Waals surface area contributed by atoms with Gasteiger partial charge in [-0.05, 0) is 96.1 Å². The Morgan fingerprint density at radius 2 is 1.07 bits per heavy atom. The Morgan fingerprint density at radius 1 is 0.391 bits per heavy atom. The summed E-state index contributed by atoms with van der Waals surface area (Å²) < 4.78 is 0. The minimum absolute atomic E-state index is 0.443. The zero-order chi connectivity index (χ0) is 30.2. The Balaban J connectivity index is 1.26.